The Bertz CT molecular complexity index is 371. The zero-order valence-corrected chi connectivity index (χ0v) is 11.0. The summed E-state index contributed by atoms with van der Waals surface area (Å²) in [5.74, 6) is 0. The molecule has 0 aromatic heterocycles. The maximum absolute atomic E-state index is 10.8. The van der Waals surface area contributed by atoms with Crippen molar-refractivity contribution in [2.45, 2.75) is 18.6 Å². The van der Waals surface area contributed by atoms with Crippen LogP contribution in [-0.2, 0) is 6.42 Å². The van der Waals surface area contributed by atoms with Crippen molar-refractivity contribution in [2.24, 2.45) is 0 Å². The Labute approximate surface area is 106 Å². The van der Waals surface area contributed by atoms with Gasteiger partial charge in [0, 0.05) is 23.4 Å². The Balaban J connectivity index is 2.44. The van der Waals surface area contributed by atoms with E-state index in [1.54, 1.807) is 12.1 Å². The van der Waals surface area contributed by atoms with E-state index in [0.29, 0.717) is 11.7 Å². The Morgan fingerprint density at radius 2 is 2.18 bits per heavy atom. The van der Waals surface area contributed by atoms with Gasteiger partial charge in [-0.15, -0.1) is 0 Å². The van der Waals surface area contributed by atoms with Crippen molar-refractivity contribution >= 4 is 17.4 Å². The van der Waals surface area contributed by atoms with E-state index in [1.807, 2.05) is 23.9 Å². The van der Waals surface area contributed by atoms with Crippen molar-refractivity contribution in [2.75, 3.05) is 19.3 Å². The molecule has 0 aliphatic heterocycles. The third kappa shape index (κ3) is 4.75. The lowest BCUT2D eigenvalue weighted by Gasteiger charge is -2.09. The maximum Gasteiger partial charge on any atom is 0.272 e. The minimum atomic E-state index is -0.320. The predicted molar refractivity (Wildman–Crippen MR) is 72.6 cm³/mol. The SMILES string of the molecule is CSC(C)CNCCc1ccccc1[N+](=O)[O-]. The van der Waals surface area contributed by atoms with Crippen LogP contribution in [0.3, 0.4) is 0 Å². The quantitative estimate of drug-likeness (QED) is 0.461. The number of nitrogens with one attached hydrogen (secondary N) is 1. The molecular formula is C12H18N2O2S. The van der Waals surface area contributed by atoms with Crippen molar-refractivity contribution in [3.05, 3.63) is 39.9 Å². The molecule has 5 heteroatoms. The highest BCUT2D eigenvalue weighted by Gasteiger charge is 2.11. The van der Waals surface area contributed by atoms with E-state index in [-0.39, 0.29) is 10.6 Å². The van der Waals surface area contributed by atoms with Gasteiger partial charge < -0.3 is 5.32 Å². The summed E-state index contributed by atoms with van der Waals surface area (Å²) >= 11 is 1.81. The number of hydrogen-bond donors (Lipinski definition) is 1. The maximum atomic E-state index is 10.8. The molecule has 1 unspecified atom stereocenters. The van der Waals surface area contributed by atoms with Crippen molar-refractivity contribution in [3.8, 4) is 0 Å². The molecule has 1 atom stereocenters. The van der Waals surface area contributed by atoms with Crippen LogP contribution in [-0.4, -0.2) is 29.5 Å². The van der Waals surface area contributed by atoms with E-state index in [9.17, 15) is 10.1 Å². The molecule has 4 nitrogen and oxygen atoms in total. The first-order valence-electron chi connectivity index (χ1n) is 5.61. The topological polar surface area (TPSA) is 55.2 Å². The lowest BCUT2D eigenvalue weighted by atomic mass is 10.1. The van der Waals surface area contributed by atoms with E-state index in [1.165, 1.54) is 0 Å². The standard InChI is InChI=1S/C12H18N2O2S/c1-10(17-2)9-13-8-7-11-5-3-4-6-12(11)14(15)16/h3-6,10,13H,7-9H2,1-2H3. The van der Waals surface area contributed by atoms with Crippen LogP contribution in [0.2, 0.25) is 0 Å². The number of rotatable bonds is 7. The molecule has 0 saturated carbocycles. The largest absolute Gasteiger partial charge is 0.315 e. The second-order valence-corrected chi connectivity index (χ2v) is 5.16. The first-order chi connectivity index (χ1) is 8.15. The van der Waals surface area contributed by atoms with Crippen LogP contribution in [0.25, 0.3) is 0 Å². The molecule has 17 heavy (non-hydrogen) atoms. The number of nitro benzene ring substituents is 1. The van der Waals surface area contributed by atoms with Gasteiger partial charge in [-0.2, -0.15) is 11.8 Å². The van der Waals surface area contributed by atoms with Crippen molar-refractivity contribution in [1.82, 2.24) is 5.32 Å². The van der Waals surface area contributed by atoms with E-state index in [4.69, 9.17) is 0 Å². The average Bonchev–Trinajstić information content (AvgIpc) is 2.34. The van der Waals surface area contributed by atoms with Gasteiger partial charge in [0.15, 0.2) is 0 Å². The summed E-state index contributed by atoms with van der Waals surface area (Å²) in [4.78, 5) is 10.5. The average molecular weight is 254 g/mol. The lowest BCUT2D eigenvalue weighted by molar-refractivity contribution is -0.385. The van der Waals surface area contributed by atoms with E-state index >= 15 is 0 Å². The van der Waals surface area contributed by atoms with Gasteiger partial charge in [0.25, 0.3) is 5.69 Å². The van der Waals surface area contributed by atoms with Crippen LogP contribution < -0.4 is 5.32 Å². The number of nitrogens with zero attached hydrogens (tertiary/aromatic N) is 1. The van der Waals surface area contributed by atoms with Crippen LogP contribution in [0.1, 0.15) is 12.5 Å². The molecule has 0 fully saturated rings. The Kier molecular flexibility index (Phi) is 6.00. The number of thioether (sulfide) groups is 1. The van der Waals surface area contributed by atoms with Crippen molar-refractivity contribution in [3.63, 3.8) is 0 Å². The van der Waals surface area contributed by atoms with Crippen LogP contribution >= 0.6 is 11.8 Å². The molecule has 1 aromatic carbocycles. The fraction of sp³-hybridized carbons (Fsp3) is 0.500. The van der Waals surface area contributed by atoms with Gasteiger partial charge in [-0.3, -0.25) is 10.1 Å². The molecule has 0 amide bonds. The number of para-hydroxylation sites is 1. The highest BCUT2D eigenvalue weighted by atomic mass is 32.2. The molecule has 0 bridgehead atoms. The van der Waals surface area contributed by atoms with Crippen molar-refractivity contribution < 1.29 is 4.92 Å². The number of benzene rings is 1. The Morgan fingerprint density at radius 3 is 2.82 bits per heavy atom. The molecule has 1 rings (SSSR count). The molecule has 0 heterocycles. The lowest BCUT2D eigenvalue weighted by Crippen LogP contribution is -2.24. The highest BCUT2D eigenvalue weighted by Crippen LogP contribution is 2.17. The van der Waals surface area contributed by atoms with Gasteiger partial charge in [0.2, 0.25) is 0 Å². The summed E-state index contributed by atoms with van der Waals surface area (Å²) in [7, 11) is 0. The minimum Gasteiger partial charge on any atom is -0.315 e. The van der Waals surface area contributed by atoms with Crippen LogP contribution in [0.5, 0.6) is 0 Å². The second kappa shape index (κ2) is 7.29. The fourth-order valence-corrected chi connectivity index (χ4v) is 1.80. The van der Waals surface area contributed by atoms with E-state index in [2.05, 4.69) is 18.5 Å². The first kappa shape index (κ1) is 14.0. The smallest absolute Gasteiger partial charge is 0.272 e. The van der Waals surface area contributed by atoms with E-state index in [0.717, 1.165) is 18.7 Å². The summed E-state index contributed by atoms with van der Waals surface area (Å²) in [6.45, 7) is 3.86. The van der Waals surface area contributed by atoms with Gasteiger partial charge in [-0.05, 0) is 19.2 Å². The number of nitro groups is 1. The molecule has 94 valence electrons. The molecule has 0 spiro atoms. The van der Waals surface area contributed by atoms with Gasteiger partial charge in [0.05, 0.1) is 4.92 Å². The Hall–Kier alpha value is -1.07. The van der Waals surface area contributed by atoms with Gasteiger partial charge in [-0.1, -0.05) is 25.1 Å². The third-order valence-electron chi connectivity index (χ3n) is 2.59. The monoisotopic (exact) mass is 254 g/mol. The zero-order valence-electron chi connectivity index (χ0n) is 10.2. The first-order valence-corrected chi connectivity index (χ1v) is 6.89. The highest BCUT2D eigenvalue weighted by molar-refractivity contribution is 7.99. The van der Waals surface area contributed by atoms with Crippen LogP contribution in [0.4, 0.5) is 5.69 Å². The van der Waals surface area contributed by atoms with Crippen molar-refractivity contribution in [1.29, 1.82) is 0 Å². The summed E-state index contributed by atoms with van der Waals surface area (Å²) < 4.78 is 0. The molecule has 0 saturated heterocycles. The summed E-state index contributed by atoms with van der Waals surface area (Å²) in [6.07, 6.45) is 2.77. The number of hydrogen-bond acceptors (Lipinski definition) is 4. The molecular weight excluding hydrogens is 236 g/mol. The Morgan fingerprint density at radius 1 is 1.47 bits per heavy atom. The second-order valence-electron chi connectivity index (χ2n) is 3.89. The van der Waals surface area contributed by atoms with E-state index < -0.39 is 0 Å². The van der Waals surface area contributed by atoms with Gasteiger partial charge in [-0.25, -0.2) is 0 Å². The molecule has 1 aromatic rings. The molecule has 1 N–H and O–H groups in total. The summed E-state index contributed by atoms with van der Waals surface area (Å²) in [5, 5.41) is 14.7. The predicted octanol–water partition coefficient (Wildman–Crippen LogP) is 2.48. The summed E-state index contributed by atoms with van der Waals surface area (Å²) in [6, 6.07) is 6.91. The molecule has 0 radical (unpaired) electrons. The van der Waals surface area contributed by atoms with Gasteiger partial charge >= 0.3 is 0 Å². The molecule has 0 aliphatic rings. The third-order valence-corrected chi connectivity index (χ3v) is 3.56. The molecule has 0 aliphatic carbocycles. The fourth-order valence-electron chi connectivity index (χ4n) is 1.51. The normalized spacial score (nSPS) is 12.4. The zero-order chi connectivity index (χ0) is 12.7. The minimum absolute atomic E-state index is 0.215. The van der Waals surface area contributed by atoms with Crippen LogP contribution in [0.15, 0.2) is 24.3 Å². The van der Waals surface area contributed by atoms with Gasteiger partial charge in [0.1, 0.15) is 0 Å². The summed E-state index contributed by atoms with van der Waals surface area (Å²) in [5.41, 5.74) is 1.01. The van der Waals surface area contributed by atoms with Crippen LogP contribution in [0, 0.1) is 10.1 Å².